The van der Waals surface area contributed by atoms with Crippen molar-refractivity contribution in [3.8, 4) is 0 Å². The van der Waals surface area contributed by atoms with Crippen molar-refractivity contribution in [3.63, 3.8) is 0 Å². The van der Waals surface area contributed by atoms with E-state index in [0.717, 1.165) is 23.9 Å². The van der Waals surface area contributed by atoms with E-state index in [4.69, 9.17) is 0 Å². The molecule has 0 bridgehead atoms. The van der Waals surface area contributed by atoms with E-state index in [9.17, 15) is 13.2 Å². The minimum absolute atomic E-state index is 0.0344. The highest BCUT2D eigenvalue weighted by atomic mass is 32.2. The zero-order chi connectivity index (χ0) is 20.4. The van der Waals surface area contributed by atoms with E-state index in [1.807, 2.05) is 30.5 Å². The summed E-state index contributed by atoms with van der Waals surface area (Å²) in [6.45, 7) is 4.35. The molecule has 0 radical (unpaired) electrons. The van der Waals surface area contributed by atoms with Gasteiger partial charge < -0.3 is 9.47 Å². The fourth-order valence-electron chi connectivity index (χ4n) is 3.89. The molecule has 4 rings (SSSR count). The molecule has 0 saturated carbocycles. The van der Waals surface area contributed by atoms with Crippen molar-refractivity contribution in [2.75, 3.05) is 26.2 Å². The van der Waals surface area contributed by atoms with Crippen molar-refractivity contribution in [3.05, 3.63) is 66.4 Å². The van der Waals surface area contributed by atoms with Crippen LogP contribution < -0.4 is 0 Å². The molecule has 6 nitrogen and oxygen atoms in total. The lowest BCUT2D eigenvalue weighted by Crippen LogP contribution is -2.50. The molecule has 0 unspecified atom stereocenters. The third-order valence-corrected chi connectivity index (χ3v) is 7.30. The van der Waals surface area contributed by atoms with Gasteiger partial charge in [-0.25, -0.2) is 8.42 Å². The van der Waals surface area contributed by atoms with E-state index < -0.39 is 10.0 Å². The van der Waals surface area contributed by atoms with Crippen molar-refractivity contribution in [1.29, 1.82) is 0 Å². The van der Waals surface area contributed by atoms with E-state index in [1.165, 1.54) is 4.31 Å². The average molecular weight is 412 g/mol. The van der Waals surface area contributed by atoms with Crippen LogP contribution in [0.4, 0.5) is 0 Å². The first-order valence-electron chi connectivity index (χ1n) is 9.94. The summed E-state index contributed by atoms with van der Waals surface area (Å²) < 4.78 is 29.2. The smallest absolute Gasteiger partial charge is 0.256 e. The van der Waals surface area contributed by atoms with Gasteiger partial charge in [0.05, 0.1) is 10.5 Å². The van der Waals surface area contributed by atoms with Gasteiger partial charge >= 0.3 is 0 Å². The van der Waals surface area contributed by atoms with Crippen molar-refractivity contribution < 1.29 is 13.2 Å². The molecular formula is C22H25N3O3S. The van der Waals surface area contributed by atoms with Gasteiger partial charge in [0.1, 0.15) is 0 Å². The topological polar surface area (TPSA) is 62.6 Å². The lowest BCUT2D eigenvalue weighted by molar-refractivity contribution is 0.0699. The first-order valence-corrected chi connectivity index (χ1v) is 11.4. The molecule has 0 aliphatic carbocycles. The van der Waals surface area contributed by atoms with Crippen molar-refractivity contribution in [1.82, 2.24) is 13.8 Å². The lowest BCUT2D eigenvalue weighted by atomic mass is 10.1. The van der Waals surface area contributed by atoms with Gasteiger partial charge in [-0.1, -0.05) is 43.3 Å². The van der Waals surface area contributed by atoms with E-state index >= 15 is 0 Å². The lowest BCUT2D eigenvalue weighted by Gasteiger charge is -2.34. The van der Waals surface area contributed by atoms with Crippen LogP contribution in [0.2, 0.25) is 0 Å². The van der Waals surface area contributed by atoms with Crippen LogP contribution in [0, 0.1) is 0 Å². The molecule has 2 heterocycles. The molecule has 1 fully saturated rings. The van der Waals surface area contributed by atoms with Gasteiger partial charge in [-0.05, 0) is 24.6 Å². The van der Waals surface area contributed by atoms with Crippen LogP contribution in [0.15, 0.2) is 65.7 Å². The second-order valence-electron chi connectivity index (χ2n) is 7.26. The number of piperazine rings is 1. The first-order chi connectivity index (χ1) is 14.0. The number of sulfonamides is 1. The van der Waals surface area contributed by atoms with Crippen molar-refractivity contribution >= 4 is 26.8 Å². The quantitative estimate of drug-likeness (QED) is 0.648. The van der Waals surface area contributed by atoms with Gasteiger partial charge in [0.15, 0.2) is 0 Å². The number of amides is 1. The van der Waals surface area contributed by atoms with E-state index in [2.05, 4.69) is 11.5 Å². The minimum Gasteiger partial charge on any atom is -0.347 e. The molecular weight excluding hydrogens is 386 g/mol. The summed E-state index contributed by atoms with van der Waals surface area (Å²) in [4.78, 5) is 15.3. The number of fused-ring (bicyclic) bond motifs is 1. The Labute approximate surface area is 171 Å². The minimum atomic E-state index is -3.52. The molecule has 1 aliphatic rings. The highest BCUT2D eigenvalue weighted by Gasteiger charge is 2.31. The Morgan fingerprint density at radius 3 is 2.28 bits per heavy atom. The Morgan fingerprint density at radius 1 is 0.931 bits per heavy atom. The van der Waals surface area contributed by atoms with Crippen molar-refractivity contribution in [2.45, 2.75) is 24.8 Å². The Bertz CT molecular complexity index is 1110. The highest BCUT2D eigenvalue weighted by Crippen LogP contribution is 2.24. The molecule has 0 atom stereocenters. The Kier molecular flexibility index (Phi) is 5.43. The SMILES string of the molecule is CCCn1cc(C(=O)N2CCN(S(=O)(=O)c3ccccc3)CC2)c2ccccc21. The summed E-state index contributed by atoms with van der Waals surface area (Å²) in [6.07, 6.45) is 2.92. The number of benzene rings is 2. The number of carbonyl (C=O) groups is 1. The number of hydrogen-bond acceptors (Lipinski definition) is 3. The fraction of sp³-hybridized carbons (Fsp3) is 0.318. The third-order valence-electron chi connectivity index (χ3n) is 5.39. The van der Waals surface area contributed by atoms with E-state index in [-0.39, 0.29) is 5.91 Å². The Balaban J connectivity index is 1.52. The number of aromatic nitrogens is 1. The summed E-state index contributed by atoms with van der Waals surface area (Å²) in [5, 5.41) is 0.949. The van der Waals surface area contributed by atoms with E-state index in [0.29, 0.717) is 36.6 Å². The van der Waals surface area contributed by atoms with Crippen LogP contribution in [0.25, 0.3) is 10.9 Å². The number of rotatable bonds is 5. The maximum absolute atomic E-state index is 13.2. The standard InChI is InChI=1S/C22H25N3O3S/c1-2-12-24-17-20(19-10-6-7-11-21(19)24)22(26)23-13-15-25(16-14-23)29(27,28)18-8-4-3-5-9-18/h3-11,17H,2,12-16H2,1H3. The summed E-state index contributed by atoms with van der Waals surface area (Å²) in [7, 11) is -3.52. The molecule has 1 aromatic heterocycles. The predicted molar refractivity (Wildman–Crippen MR) is 113 cm³/mol. The predicted octanol–water partition coefficient (Wildman–Crippen LogP) is 3.20. The maximum Gasteiger partial charge on any atom is 0.256 e. The summed E-state index contributed by atoms with van der Waals surface area (Å²) in [5.41, 5.74) is 1.75. The molecule has 0 N–H and O–H groups in total. The molecule has 29 heavy (non-hydrogen) atoms. The molecule has 0 spiro atoms. The molecule has 7 heteroatoms. The van der Waals surface area contributed by atoms with Crippen LogP contribution in [-0.2, 0) is 16.6 Å². The number of para-hydroxylation sites is 1. The van der Waals surface area contributed by atoms with Gasteiger partial charge in [-0.3, -0.25) is 4.79 Å². The summed E-state index contributed by atoms with van der Waals surface area (Å²) in [6, 6.07) is 16.4. The molecule has 1 amide bonds. The monoisotopic (exact) mass is 411 g/mol. The van der Waals surface area contributed by atoms with E-state index in [1.54, 1.807) is 35.2 Å². The van der Waals surface area contributed by atoms with Gasteiger partial charge in [0, 0.05) is 49.8 Å². The average Bonchev–Trinajstić information content (AvgIpc) is 3.13. The largest absolute Gasteiger partial charge is 0.347 e. The van der Waals surface area contributed by atoms with Crippen LogP contribution >= 0.6 is 0 Å². The molecule has 3 aromatic rings. The fourth-order valence-corrected chi connectivity index (χ4v) is 5.33. The van der Waals surface area contributed by atoms with Crippen molar-refractivity contribution in [2.24, 2.45) is 0 Å². The molecule has 1 aliphatic heterocycles. The number of hydrogen-bond donors (Lipinski definition) is 0. The maximum atomic E-state index is 13.2. The first kappa shape index (κ1) is 19.7. The zero-order valence-corrected chi connectivity index (χ0v) is 17.3. The molecule has 2 aromatic carbocycles. The van der Waals surface area contributed by atoms with Gasteiger partial charge in [0.25, 0.3) is 5.91 Å². The van der Waals surface area contributed by atoms with Crippen LogP contribution in [0.1, 0.15) is 23.7 Å². The van der Waals surface area contributed by atoms with Gasteiger partial charge in [-0.15, -0.1) is 0 Å². The number of aryl methyl sites for hydroxylation is 1. The summed E-state index contributed by atoms with van der Waals surface area (Å²) >= 11 is 0. The highest BCUT2D eigenvalue weighted by molar-refractivity contribution is 7.89. The second kappa shape index (κ2) is 8.00. The third kappa shape index (κ3) is 3.68. The molecule has 152 valence electrons. The number of nitrogens with zero attached hydrogens (tertiary/aromatic N) is 3. The van der Waals surface area contributed by atoms with Gasteiger partial charge in [-0.2, -0.15) is 4.31 Å². The summed E-state index contributed by atoms with van der Waals surface area (Å²) in [5.74, 6) is -0.0344. The second-order valence-corrected chi connectivity index (χ2v) is 9.20. The Hall–Kier alpha value is -2.64. The van der Waals surface area contributed by atoms with Crippen LogP contribution in [-0.4, -0.2) is 54.3 Å². The molecule has 1 saturated heterocycles. The normalized spacial score (nSPS) is 15.7. The van der Waals surface area contributed by atoms with Gasteiger partial charge in [0.2, 0.25) is 10.0 Å². The zero-order valence-electron chi connectivity index (χ0n) is 16.5. The van der Waals surface area contributed by atoms with Crippen LogP contribution in [0.3, 0.4) is 0 Å². The van der Waals surface area contributed by atoms with Crippen LogP contribution in [0.5, 0.6) is 0 Å². The number of carbonyl (C=O) groups excluding carboxylic acids is 1. The Morgan fingerprint density at radius 2 is 1.59 bits per heavy atom.